The van der Waals surface area contributed by atoms with E-state index in [2.05, 4.69) is 5.32 Å². The van der Waals surface area contributed by atoms with Gasteiger partial charge in [0.1, 0.15) is 0 Å². The monoisotopic (exact) mass is 311 g/mol. The number of hydrogen-bond donors (Lipinski definition) is 2. The van der Waals surface area contributed by atoms with Gasteiger partial charge in [0.2, 0.25) is 5.91 Å². The molecule has 1 aromatic rings. The lowest BCUT2D eigenvalue weighted by atomic mass is 10.0. The summed E-state index contributed by atoms with van der Waals surface area (Å²) in [5.41, 5.74) is 0.881. The molecule has 2 atom stereocenters. The second-order valence-corrected chi connectivity index (χ2v) is 5.88. The molecule has 116 valence electrons. The minimum Gasteiger partial charge on any atom is -0.481 e. The number of carbonyl (C=O) groups is 2. The summed E-state index contributed by atoms with van der Waals surface area (Å²) in [6.45, 7) is 3.63. The van der Waals surface area contributed by atoms with E-state index in [1.807, 2.05) is 19.1 Å². The van der Waals surface area contributed by atoms with Crippen LogP contribution >= 0.6 is 11.6 Å². The van der Waals surface area contributed by atoms with Crippen molar-refractivity contribution in [1.29, 1.82) is 0 Å². The van der Waals surface area contributed by atoms with Gasteiger partial charge in [-0.3, -0.25) is 9.59 Å². The first kappa shape index (κ1) is 17.5. The molecule has 0 saturated heterocycles. The van der Waals surface area contributed by atoms with Crippen LogP contribution in [-0.4, -0.2) is 23.0 Å². The summed E-state index contributed by atoms with van der Waals surface area (Å²) in [6, 6.07) is 7.28. The fourth-order valence-corrected chi connectivity index (χ4v) is 2.30. The molecule has 21 heavy (non-hydrogen) atoms. The number of amides is 1. The highest BCUT2D eigenvalue weighted by Gasteiger charge is 2.12. The number of carbonyl (C=O) groups excluding carboxylic acids is 1. The minimum absolute atomic E-state index is 0.0395. The maximum Gasteiger partial charge on any atom is 0.306 e. The maximum atomic E-state index is 11.9. The van der Waals surface area contributed by atoms with Crippen molar-refractivity contribution in [3.63, 3.8) is 0 Å². The Balaban J connectivity index is 2.29. The molecule has 0 aliphatic rings. The van der Waals surface area contributed by atoms with Crippen LogP contribution < -0.4 is 5.32 Å². The number of aliphatic carboxylic acids is 1. The van der Waals surface area contributed by atoms with Gasteiger partial charge >= 0.3 is 5.97 Å². The number of carboxylic acid groups (broad SMARTS) is 1. The van der Waals surface area contributed by atoms with E-state index in [-0.39, 0.29) is 17.9 Å². The summed E-state index contributed by atoms with van der Waals surface area (Å²) in [4.78, 5) is 22.6. The van der Waals surface area contributed by atoms with Gasteiger partial charge in [0.25, 0.3) is 0 Å². The van der Waals surface area contributed by atoms with Crippen molar-refractivity contribution in [2.24, 2.45) is 5.92 Å². The zero-order valence-electron chi connectivity index (χ0n) is 12.4. The van der Waals surface area contributed by atoms with Crippen molar-refractivity contribution in [2.75, 3.05) is 0 Å². The number of rotatable bonds is 8. The summed E-state index contributed by atoms with van der Waals surface area (Å²) < 4.78 is 0. The van der Waals surface area contributed by atoms with Crippen LogP contribution in [-0.2, 0) is 16.0 Å². The SMILES string of the molecule is CC(CCCC(C)C(=O)O)NC(=O)Cc1cccc(Cl)c1. The molecule has 2 unspecified atom stereocenters. The highest BCUT2D eigenvalue weighted by atomic mass is 35.5. The molecular weight excluding hydrogens is 290 g/mol. The van der Waals surface area contributed by atoms with E-state index in [1.165, 1.54) is 0 Å². The molecule has 0 bridgehead atoms. The molecule has 2 N–H and O–H groups in total. The van der Waals surface area contributed by atoms with Gasteiger partial charge < -0.3 is 10.4 Å². The second kappa shape index (κ2) is 8.67. The molecule has 0 heterocycles. The molecule has 0 aromatic heterocycles. The Morgan fingerprint density at radius 1 is 1.29 bits per heavy atom. The summed E-state index contributed by atoms with van der Waals surface area (Å²) in [5, 5.41) is 12.3. The lowest BCUT2D eigenvalue weighted by Crippen LogP contribution is -2.33. The van der Waals surface area contributed by atoms with Crippen molar-refractivity contribution in [2.45, 2.75) is 45.6 Å². The highest BCUT2D eigenvalue weighted by molar-refractivity contribution is 6.30. The van der Waals surface area contributed by atoms with Crippen LogP contribution in [0.1, 0.15) is 38.7 Å². The fraction of sp³-hybridized carbons (Fsp3) is 0.500. The lowest BCUT2D eigenvalue weighted by molar-refractivity contribution is -0.141. The van der Waals surface area contributed by atoms with Gasteiger partial charge in [0.05, 0.1) is 12.3 Å². The van der Waals surface area contributed by atoms with Crippen molar-refractivity contribution in [3.05, 3.63) is 34.9 Å². The van der Waals surface area contributed by atoms with Crippen molar-refractivity contribution in [3.8, 4) is 0 Å². The Bertz CT molecular complexity index is 490. The third-order valence-corrected chi connectivity index (χ3v) is 3.59. The number of hydrogen-bond acceptors (Lipinski definition) is 2. The van der Waals surface area contributed by atoms with Crippen LogP contribution in [0.2, 0.25) is 5.02 Å². The van der Waals surface area contributed by atoms with Gasteiger partial charge in [-0.15, -0.1) is 0 Å². The second-order valence-electron chi connectivity index (χ2n) is 5.45. The number of halogens is 1. The number of nitrogens with one attached hydrogen (secondary N) is 1. The Hall–Kier alpha value is -1.55. The normalized spacial score (nSPS) is 13.5. The first-order valence-electron chi connectivity index (χ1n) is 7.15. The van der Waals surface area contributed by atoms with Gasteiger partial charge in [0, 0.05) is 11.1 Å². The molecule has 4 nitrogen and oxygen atoms in total. The average Bonchev–Trinajstić information content (AvgIpc) is 2.37. The number of carboxylic acids is 1. The van der Waals surface area contributed by atoms with Gasteiger partial charge in [-0.05, 0) is 37.5 Å². The predicted octanol–water partition coefficient (Wildman–Crippen LogP) is 3.28. The minimum atomic E-state index is -0.771. The topological polar surface area (TPSA) is 66.4 Å². The number of benzene rings is 1. The van der Waals surface area contributed by atoms with Gasteiger partial charge in [0.15, 0.2) is 0 Å². The fourth-order valence-electron chi connectivity index (χ4n) is 2.08. The molecule has 1 aromatic carbocycles. The van der Waals surface area contributed by atoms with E-state index in [9.17, 15) is 9.59 Å². The molecule has 0 saturated carbocycles. The molecule has 0 aliphatic heterocycles. The quantitative estimate of drug-likeness (QED) is 0.774. The summed E-state index contributed by atoms with van der Waals surface area (Å²) in [7, 11) is 0. The van der Waals surface area contributed by atoms with Crippen LogP contribution in [0.25, 0.3) is 0 Å². The van der Waals surface area contributed by atoms with Gasteiger partial charge in [-0.2, -0.15) is 0 Å². The highest BCUT2D eigenvalue weighted by Crippen LogP contribution is 2.12. The molecule has 0 spiro atoms. The van der Waals surface area contributed by atoms with Crippen LogP contribution in [0.5, 0.6) is 0 Å². The predicted molar refractivity (Wildman–Crippen MR) is 83.4 cm³/mol. The van der Waals surface area contributed by atoms with E-state index in [4.69, 9.17) is 16.7 Å². The van der Waals surface area contributed by atoms with Crippen LogP contribution in [0.4, 0.5) is 0 Å². The van der Waals surface area contributed by atoms with Crippen LogP contribution in [0.3, 0.4) is 0 Å². The Morgan fingerprint density at radius 2 is 2.00 bits per heavy atom. The van der Waals surface area contributed by atoms with Crippen LogP contribution in [0.15, 0.2) is 24.3 Å². The molecular formula is C16H22ClNO3. The zero-order chi connectivity index (χ0) is 15.8. The Labute approximate surface area is 130 Å². The standard InChI is InChI=1S/C16H22ClNO3/c1-11(16(20)21)5-3-6-12(2)18-15(19)10-13-7-4-8-14(17)9-13/h4,7-9,11-12H,3,5-6,10H2,1-2H3,(H,18,19)(H,20,21). The molecule has 5 heteroatoms. The first-order chi connectivity index (χ1) is 9.88. The molecule has 1 amide bonds. The third kappa shape index (κ3) is 7.14. The van der Waals surface area contributed by atoms with E-state index in [0.29, 0.717) is 17.9 Å². The third-order valence-electron chi connectivity index (χ3n) is 3.36. The van der Waals surface area contributed by atoms with E-state index in [1.54, 1.807) is 19.1 Å². The van der Waals surface area contributed by atoms with Crippen LogP contribution in [0, 0.1) is 5.92 Å². The Morgan fingerprint density at radius 3 is 2.62 bits per heavy atom. The van der Waals surface area contributed by atoms with Gasteiger partial charge in [-0.25, -0.2) is 0 Å². The van der Waals surface area contributed by atoms with Crippen molar-refractivity contribution >= 4 is 23.5 Å². The molecule has 0 radical (unpaired) electrons. The lowest BCUT2D eigenvalue weighted by Gasteiger charge is -2.14. The maximum absolute atomic E-state index is 11.9. The van der Waals surface area contributed by atoms with Crippen molar-refractivity contribution < 1.29 is 14.7 Å². The molecule has 0 aliphatic carbocycles. The summed E-state index contributed by atoms with van der Waals surface area (Å²) in [6.07, 6.45) is 2.49. The van der Waals surface area contributed by atoms with E-state index >= 15 is 0 Å². The summed E-state index contributed by atoms with van der Waals surface area (Å²) in [5.74, 6) is -1.15. The Kier molecular flexibility index (Phi) is 7.23. The van der Waals surface area contributed by atoms with Crippen molar-refractivity contribution in [1.82, 2.24) is 5.32 Å². The largest absolute Gasteiger partial charge is 0.481 e. The smallest absolute Gasteiger partial charge is 0.306 e. The zero-order valence-corrected chi connectivity index (χ0v) is 13.2. The van der Waals surface area contributed by atoms with E-state index in [0.717, 1.165) is 18.4 Å². The molecule has 1 rings (SSSR count). The molecule has 0 fully saturated rings. The first-order valence-corrected chi connectivity index (χ1v) is 7.53. The van der Waals surface area contributed by atoms with E-state index < -0.39 is 5.97 Å². The van der Waals surface area contributed by atoms with Gasteiger partial charge in [-0.1, -0.05) is 37.1 Å². The average molecular weight is 312 g/mol. The summed E-state index contributed by atoms with van der Waals surface area (Å²) >= 11 is 5.88.